The van der Waals surface area contributed by atoms with E-state index in [1.54, 1.807) is 18.3 Å². The number of hydrogen-bond acceptors (Lipinski definition) is 5. The van der Waals surface area contributed by atoms with Gasteiger partial charge in [0.25, 0.3) is 5.56 Å². The highest BCUT2D eigenvalue weighted by Crippen LogP contribution is 2.35. The molecule has 2 aromatic rings. The van der Waals surface area contributed by atoms with Crippen LogP contribution < -0.4 is 5.56 Å². The summed E-state index contributed by atoms with van der Waals surface area (Å²) in [5, 5.41) is 0.817. The van der Waals surface area contributed by atoms with Gasteiger partial charge in [0.2, 0.25) is 5.91 Å². The van der Waals surface area contributed by atoms with Crippen LogP contribution in [0.4, 0.5) is 0 Å². The molecule has 4 rings (SSSR count). The minimum atomic E-state index is 0.00873. The van der Waals surface area contributed by atoms with E-state index in [1.165, 1.54) is 10.4 Å². The number of piperazine rings is 1. The van der Waals surface area contributed by atoms with Crippen molar-refractivity contribution in [3.05, 3.63) is 26.6 Å². The number of aromatic amines is 1. The summed E-state index contributed by atoms with van der Waals surface area (Å²) in [6.45, 7) is 7.65. The lowest BCUT2D eigenvalue weighted by molar-refractivity contribution is -0.130. The molecule has 134 valence electrons. The summed E-state index contributed by atoms with van der Waals surface area (Å²) in [5.41, 5.74) is 1.24. The van der Waals surface area contributed by atoms with Crippen molar-refractivity contribution in [2.75, 3.05) is 26.2 Å². The normalized spacial score (nSPS) is 21.5. The number of aromatic nitrogens is 2. The minimum Gasteiger partial charge on any atom is -0.340 e. The Hall–Kier alpha value is -1.73. The van der Waals surface area contributed by atoms with E-state index in [0.717, 1.165) is 61.5 Å². The zero-order valence-corrected chi connectivity index (χ0v) is 15.6. The number of hydrogen-bond donors (Lipinski definition) is 1. The van der Waals surface area contributed by atoms with Crippen LogP contribution in [0.3, 0.4) is 0 Å². The second kappa shape index (κ2) is 6.53. The number of rotatable bonds is 2. The molecule has 2 aliphatic rings. The number of amides is 1. The van der Waals surface area contributed by atoms with Crippen molar-refractivity contribution in [3.63, 3.8) is 0 Å². The molecule has 1 saturated heterocycles. The van der Waals surface area contributed by atoms with Gasteiger partial charge in [-0.3, -0.25) is 14.5 Å². The van der Waals surface area contributed by atoms with Crippen molar-refractivity contribution < 1.29 is 4.79 Å². The van der Waals surface area contributed by atoms with Crippen LogP contribution in [0.2, 0.25) is 0 Å². The third-order valence-electron chi connectivity index (χ3n) is 5.41. The van der Waals surface area contributed by atoms with Crippen molar-refractivity contribution in [2.24, 2.45) is 5.92 Å². The molecule has 3 heterocycles. The van der Waals surface area contributed by atoms with E-state index < -0.39 is 0 Å². The van der Waals surface area contributed by atoms with Crippen molar-refractivity contribution in [1.82, 2.24) is 19.8 Å². The minimum absolute atomic E-state index is 0.00873. The van der Waals surface area contributed by atoms with Crippen molar-refractivity contribution in [2.45, 2.75) is 39.7 Å². The zero-order valence-electron chi connectivity index (χ0n) is 14.8. The maximum atomic E-state index is 12.6. The fourth-order valence-corrected chi connectivity index (χ4v) is 5.30. The lowest BCUT2D eigenvalue weighted by atomic mass is 9.89. The van der Waals surface area contributed by atoms with Crippen LogP contribution in [0, 0.1) is 5.92 Å². The molecule has 1 atom stereocenters. The molecule has 1 aliphatic carbocycles. The van der Waals surface area contributed by atoms with Gasteiger partial charge in [0.1, 0.15) is 10.7 Å². The van der Waals surface area contributed by atoms with Crippen LogP contribution in [-0.2, 0) is 24.2 Å². The van der Waals surface area contributed by atoms with Crippen molar-refractivity contribution in [1.29, 1.82) is 0 Å². The van der Waals surface area contributed by atoms with Crippen LogP contribution in [0.5, 0.6) is 0 Å². The Morgan fingerprint density at radius 1 is 1.32 bits per heavy atom. The first-order chi connectivity index (χ1) is 12.0. The largest absolute Gasteiger partial charge is 0.340 e. The molecular weight excluding hydrogens is 336 g/mol. The average molecular weight is 360 g/mol. The summed E-state index contributed by atoms with van der Waals surface area (Å²) in [6.07, 6.45) is 3.21. The second-order valence-electron chi connectivity index (χ2n) is 7.33. The first-order valence-electron chi connectivity index (χ1n) is 9.02. The van der Waals surface area contributed by atoms with Gasteiger partial charge >= 0.3 is 0 Å². The van der Waals surface area contributed by atoms with Crippen LogP contribution >= 0.6 is 11.3 Å². The monoisotopic (exact) mass is 360 g/mol. The Morgan fingerprint density at radius 2 is 2.08 bits per heavy atom. The lowest BCUT2D eigenvalue weighted by Gasteiger charge is -2.33. The van der Waals surface area contributed by atoms with Gasteiger partial charge in [0, 0.05) is 38.0 Å². The van der Waals surface area contributed by atoms with E-state index in [1.807, 2.05) is 4.90 Å². The van der Waals surface area contributed by atoms with Crippen molar-refractivity contribution >= 4 is 27.5 Å². The quantitative estimate of drug-likeness (QED) is 0.886. The molecule has 25 heavy (non-hydrogen) atoms. The van der Waals surface area contributed by atoms with Crippen LogP contribution in [0.25, 0.3) is 10.2 Å². The Morgan fingerprint density at radius 3 is 2.80 bits per heavy atom. The molecule has 0 saturated carbocycles. The van der Waals surface area contributed by atoms with Gasteiger partial charge in [-0.2, -0.15) is 0 Å². The molecule has 1 N–H and O–H groups in total. The molecule has 2 aromatic heterocycles. The van der Waals surface area contributed by atoms with E-state index in [-0.39, 0.29) is 11.5 Å². The maximum Gasteiger partial charge on any atom is 0.259 e. The summed E-state index contributed by atoms with van der Waals surface area (Å²) in [4.78, 5) is 38.2. The van der Waals surface area contributed by atoms with Gasteiger partial charge in [-0.1, -0.05) is 6.92 Å². The SMILES string of the molecule is CC(=O)N1CCN(Cc2nc3sc4c(c3c(=O)[nH]2)CC[C@@H](C)C4)CC1. The molecule has 0 bridgehead atoms. The van der Waals surface area contributed by atoms with Gasteiger partial charge in [-0.15, -0.1) is 11.3 Å². The fraction of sp³-hybridized carbons (Fsp3) is 0.611. The summed E-state index contributed by atoms with van der Waals surface area (Å²) in [7, 11) is 0. The zero-order chi connectivity index (χ0) is 17.6. The molecule has 1 fully saturated rings. The van der Waals surface area contributed by atoms with Gasteiger partial charge in [-0.05, 0) is 30.7 Å². The van der Waals surface area contributed by atoms with Crippen molar-refractivity contribution in [3.8, 4) is 0 Å². The van der Waals surface area contributed by atoms with Gasteiger partial charge < -0.3 is 9.88 Å². The van der Waals surface area contributed by atoms with Gasteiger partial charge in [0.05, 0.1) is 11.9 Å². The first kappa shape index (κ1) is 16.7. The van der Waals surface area contributed by atoms with E-state index in [9.17, 15) is 9.59 Å². The summed E-state index contributed by atoms with van der Waals surface area (Å²) in [5.74, 6) is 1.56. The van der Waals surface area contributed by atoms with Crippen LogP contribution in [0.1, 0.15) is 36.5 Å². The van der Waals surface area contributed by atoms with Gasteiger partial charge in [-0.25, -0.2) is 4.98 Å². The Labute approximate surface area is 150 Å². The number of fused-ring (bicyclic) bond motifs is 3. The predicted molar refractivity (Wildman–Crippen MR) is 99.0 cm³/mol. The molecule has 0 aromatic carbocycles. The smallest absolute Gasteiger partial charge is 0.259 e. The molecule has 0 unspecified atom stereocenters. The molecule has 1 amide bonds. The highest BCUT2D eigenvalue weighted by atomic mass is 32.1. The molecule has 0 spiro atoms. The number of aryl methyl sites for hydroxylation is 1. The number of carbonyl (C=O) groups is 1. The number of carbonyl (C=O) groups excluding carboxylic acids is 1. The highest BCUT2D eigenvalue weighted by Gasteiger charge is 2.24. The maximum absolute atomic E-state index is 12.6. The van der Waals surface area contributed by atoms with Crippen LogP contribution in [0.15, 0.2) is 4.79 Å². The highest BCUT2D eigenvalue weighted by molar-refractivity contribution is 7.18. The van der Waals surface area contributed by atoms with E-state index in [4.69, 9.17) is 4.98 Å². The Balaban J connectivity index is 1.56. The molecule has 1 aliphatic heterocycles. The number of thiophene rings is 1. The first-order valence-corrected chi connectivity index (χ1v) is 9.84. The number of nitrogens with zero attached hydrogens (tertiary/aromatic N) is 3. The third-order valence-corrected chi connectivity index (χ3v) is 6.55. The second-order valence-corrected chi connectivity index (χ2v) is 8.41. The standard InChI is InChI=1S/C18H24N4O2S/c1-11-3-4-13-14(9-11)25-18-16(13)17(24)19-15(20-18)10-21-5-7-22(8-6-21)12(2)23/h11H,3-10H2,1-2H3,(H,19,20,24)/t11-/m1/s1. The topological polar surface area (TPSA) is 69.3 Å². The summed E-state index contributed by atoms with van der Waals surface area (Å²) in [6, 6.07) is 0. The van der Waals surface area contributed by atoms with Gasteiger partial charge in [0.15, 0.2) is 0 Å². The fourth-order valence-electron chi connectivity index (χ4n) is 3.90. The van der Waals surface area contributed by atoms with E-state index in [0.29, 0.717) is 12.5 Å². The Bertz CT molecular complexity index is 864. The average Bonchev–Trinajstić information content (AvgIpc) is 2.92. The lowest BCUT2D eigenvalue weighted by Crippen LogP contribution is -2.47. The Kier molecular flexibility index (Phi) is 4.37. The van der Waals surface area contributed by atoms with E-state index >= 15 is 0 Å². The number of H-pyrrole nitrogens is 1. The van der Waals surface area contributed by atoms with E-state index in [2.05, 4.69) is 16.8 Å². The molecule has 6 nitrogen and oxygen atoms in total. The summed E-state index contributed by atoms with van der Waals surface area (Å²) >= 11 is 1.70. The summed E-state index contributed by atoms with van der Waals surface area (Å²) < 4.78 is 0. The predicted octanol–water partition coefficient (Wildman–Crippen LogP) is 1.77. The number of nitrogens with one attached hydrogen (secondary N) is 1. The molecular formula is C18H24N4O2S. The molecule has 0 radical (unpaired) electrons. The third kappa shape index (κ3) is 3.22. The molecule has 7 heteroatoms. The van der Waals surface area contributed by atoms with Crippen LogP contribution in [-0.4, -0.2) is 51.9 Å².